The lowest BCUT2D eigenvalue weighted by Crippen LogP contribution is -2.36. The van der Waals surface area contributed by atoms with E-state index in [0.29, 0.717) is 19.3 Å². The number of aliphatic hydroxyl groups excluding tert-OH is 2. The van der Waals surface area contributed by atoms with Gasteiger partial charge in [0.2, 0.25) is 0 Å². The number of carbonyl (C=O) groups excluding carboxylic acids is 1. The molecule has 0 aromatic heterocycles. The van der Waals surface area contributed by atoms with Crippen molar-refractivity contribution >= 4 is 5.97 Å². The fraction of sp³-hybridized carbons (Fsp3) is 0.875. The zero-order valence-electron chi connectivity index (χ0n) is 7.06. The van der Waals surface area contributed by atoms with Gasteiger partial charge < -0.3 is 14.9 Å². The van der Waals surface area contributed by atoms with Crippen molar-refractivity contribution in [2.75, 3.05) is 7.11 Å². The summed E-state index contributed by atoms with van der Waals surface area (Å²) in [7, 11) is 1.33. The Hall–Kier alpha value is -0.610. The second-order valence-corrected chi connectivity index (χ2v) is 3.17. The maximum Gasteiger partial charge on any atom is 0.308 e. The maximum absolute atomic E-state index is 11.0. The van der Waals surface area contributed by atoms with E-state index in [1.807, 2.05) is 0 Å². The summed E-state index contributed by atoms with van der Waals surface area (Å²) in [6.07, 6.45) is -0.0617. The summed E-state index contributed by atoms with van der Waals surface area (Å²) >= 11 is 0. The first-order valence-electron chi connectivity index (χ1n) is 4.09. The molecule has 0 saturated heterocycles. The van der Waals surface area contributed by atoms with E-state index in [0.717, 1.165) is 0 Å². The van der Waals surface area contributed by atoms with Crippen LogP contribution in [-0.4, -0.2) is 35.5 Å². The van der Waals surface area contributed by atoms with E-state index in [4.69, 9.17) is 5.11 Å². The molecule has 0 heterocycles. The van der Waals surface area contributed by atoms with Gasteiger partial charge in [-0.05, 0) is 19.3 Å². The molecule has 4 nitrogen and oxygen atoms in total. The molecule has 4 heteroatoms. The molecule has 1 unspecified atom stereocenters. The number of carbonyl (C=O) groups is 1. The molecule has 70 valence electrons. The zero-order valence-corrected chi connectivity index (χ0v) is 7.06. The summed E-state index contributed by atoms with van der Waals surface area (Å²) in [5.41, 5.74) is 0. The third-order valence-electron chi connectivity index (χ3n) is 2.32. The van der Waals surface area contributed by atoms with Gasteiger partial charge in [-0.3, -0.25) is 4.79 Å². The Morgan fingerprint density at radius 3 is 2.50 bits per heavy atom. The number of esters is 1. The van der Waals surface area contributed by atoms with Crippen LogP contribution >= 0.6 is 0 Å². The average molecular weight is 174 g/mol. The summed E-state index contributed by atoms with van der Waals surface area (Å²) in [5.74, 6) is -0.533. The third-order valence-corrected chi connectivity index (χ3v) is 2.32. The van der Waals surface area contributed by atoms with Gasteiger partial charge in [-0.15, -0.1) is 0 Å². The largest absolute Gasteiger partial charge is 0.469 e. The molecule has 0 aromatic carbocycles. The molecule has 1 rings (SSSR count). The first-order chi connectivity index (χ1) is 5.65. The second-order valence-electron chi connectivity index (χ2n) is 3.17. The Morgan fingerprint density at radius 2 is 2.00 bits per heavy atom. The van der Waals surface area contributed by atoms with Crippen molar-refractivity contribution in [3.05, 3.63) is 0 Å². The summed E-state index contributed by atoms with van der Waals surface area (Å²) < 4.78 is 4.54. The first-order valence-corrected chi connectivity index (χ1v) is 4.09. The lowest BCUT2D eigenvalue weighted by atomic mass is 9.85. The third kappa shape index (κ3) is 1.95. The predicted molar refractivity (Wildman–Crippen MR) is 41.4 cm³/mol. The van der Waals surface area contributed by atoms with E-state index >= 15 is 0 Å². The highest BCUT2D eigenvalue weighted by Crippen LogP contribution is 2.25. The monoisotopic (exact) mass is 174 g/mol. The van der Waals surface area contributed by atoms with Crippen LogP contribution in [0.5, 0.6) is 0 Å². The highest BCUT2D eigenvalue weighted by molar-refractivity contribution is 5.72. The van der Waals surface area contributed by atoms with Crippen molar-refractivity contribution in [1.82, 2.24) is 0 Å². The minimum atomic E-state index is -0.775. The normalized spacial score (nSPS) is 36.1. The van der Waals surface area contributed by atoms with E-state index in [1.54, 1.807) is 0 Å². The van der Waals surface area contributed by atoms with Crippen molar-refractivity contribution in [3.8, 4) is 0 Å². The Bertz CT molecular complexity index is 168. The number of rotatable bonds is 1. The van der Waals surface area contributed by atoms with Gasteiger partial charge in [0.1, 0.15) is 0 Å². The van der Waals surface area contributed by atoms with Gasteiger partial charge in [-0.2, -0.15) is 0 Å². The maximum atomic E-state index is 11.0. The summed E-state index contributed by atoms with van der Waals surface area (Å²) in [5, 5.41) is 18.4. The van der Waals surface area contributed by atoms with Gasteiger partial charge in [0, 0.05) is 0 Å². The van der Waals surface area contributed by atoms with Crippen molar-refractivity contribution < 1.29 is 19.7 Å². The highest BCUT2D eigenvalue weighted by Gasteiger charge is 2.31. The van der Waals surface area contributed by atoms with Gasteiger partial charge in [-0.25, -0.2) is 0 Å². The van der Waals surface area contributed by atoms with Crippen LogP contribution in [0.1, 0.15) is 19.3 Å². The Labute approximate surface area is 71.2 Å². The fourth-order valence-electron chi connectivity index (χ4n) is 1.51. The molecule has 2 N–H and O–H groups in total. The zero-order chi connectivity index (χ0) is 9.14. The minimum absolute atomic E-state index is 0.242. The van der Waals surface area contributed by atoms with Crippen LogP contribution in [0, 0.1) is 5.92 Å². The van der Waals surface area contributed by atoms with Crippen molar-refractivity contribution in [2.45, 2.75) is 31.5 Å². The lowest BCUT2D eigenvalue weighted by molar-refractivity contribution is -0.149. The molecule has 0 aromatic rings. The molecule has 1 saturated carbocycles. The van der Waals surface area contributed by atoms with E-state index in [-0.39, 0.29) is 11.9 Å². The number of hydrogen-bond acceptors (Lipinski definition) is 4. The van der Waals surface area contributed by atoms with E-state index < -0.39 is 12.2 Å². The molecule has 0 aliphatic heterocycles. The molecule has 0 spiro atoms. The molecular formula is C8H14O4. The number of ether oxygens (including phenoxy) is 1. The van der Waals surface area contributed by atoms with E-state index in [1.165, 1.54) is 7.11 Å². The topological polar surface area (TPSA) is 66.8 Å². The number of methoxy groups -OCH3 is 1. The molecule has 0 bridgehead atoms. The van der Waals surface area contributed by atoms with E-state index in [2.05, 4.69) is 4.74 Å². The Balaban J connectivity index is 2.45. The molecule has 1 aliphatic carbocycles. The van der Waals surface area contributed by atoms with Crippen LogP contribution in [-0.2, 0) is 9.53 Å². The molecule has 0 amide bonds. The molecule has 3 atom stereocenters. The molecule has 1 aliphatic rings. The first kappa shape index (κ1) is 9.48. The van der Waals surface area contributed by atoms with Crippen LogP contribution in [0.25, 0.3) is 0 Å². The predicted octanol–water partition coefficient (Wildman–Crippen LogP) is -0.319. The smallest absolute Gasteiger partial charge is 0.308 e. The minimum Gasteiger partial charge on any atom is -0.469 e. The molecule has 0 radical (unpaired) electrons. The Morgan fingerprint density at radius 1 is 1.33 bits per heavy atom. The van der Waals surface area contributed by atoms with Gasteiger partial charge in [0.25, 0.3) is 0 Å². The van der Waals surface area contributed by atoms with Crippen molar-refractivity contribution in [1.29, 1.82) is 0 Å². The van der Waals surface area contributed by atoms with Crippen LogP contribution in [0.3, 0.4) is 0 Å². The lowest BCUT2D eigenvalue weighted by Gasteiger charge is -2.28. The van der Waals surface area contributed by atoms with Crippen LogP contribution in [0.2, 0.25) is 0 Å². The SMILES string of the molecule is COC(=O)C1CC[C@@H](O)[C@H](O)C1. The van der Waals surface area contributed by atoms with Gasteiger partial charge in [0.05, 0.1) is 25.2 Å². The van der Waals surface area contributed by atoms with Crippen molar-refractivity contribution in [3.63, 3.8) is 0 Å². The fourth-order valence-corrected chi connectivity index (χ4v) is 1.51. The highest BCUT2D eigenvalue weighted by atomic mass is 16.5. The summed E-state index contributed by atoms with van der Waals surface area (Å²) in [6.45, 7) is 0. The average Bonchev–Trinajstić information content (AvgIpc) is 2.08. The van der Waals surface area contributed by atoms with Gasteiger partial charge >= 0.3 is 5.97 Å². The van der Waals surface area contributed by atoms with E-state index in [9.17, 15) is 9.90 Å². The van der Waals surface area contributed by atoms with Crippen LogP contribution in [0.4, 0.5) is 0 Å². The quantitative estimate of drug-likeness (QED) is 0.535. The van der Waals surface area contributed by atoms with Gasteiger partial charge in [0.15, 0.2) is 0 Å². The number of aliphatic hydroxyl groups is 2. The summed E-state index contributed by atoms with van der Waals surface area (Å²) in [6, 6.07) is 0. The number of hydrogen-bond donors (Lipinski definition) is 2. The van der Waals surface area contributed by atoms with Crippen molar-refractivity contribution in [2.24, 2.45) is 5.92 Å². The van der Waals surface area contributed by atoms with Crippen LogP contribution in [0.15, 0.2) is 0 Å². The molecule has 1 fully saturated rings. The molecule has 12 heavy (non-hydrogen) atoms. The molecular weight excluding hydrogens is 160 g/mol. The summed E-state index contributed by atoms with van der Waals surface area (Å²) in [4.78, 5) is 11.0. The van der Waals surface area contributed by atoms with Crippen LogP contribution < -0.4 is 0 Å². The Kier molecular flexibility index (Phi) is 3.05. The second kappa shape index (κ2) is 3.87. The standard InChI is InChI=1S/C8H14O4/c1-12-8(11)5-2-3-6(9)7(10)4-5/h5-7,9-10H,2-4H2,1H3/t5?,6-,7-/m1/s1. The van der Waals surface area contributed by atoms with Gasteiger partial charge in [-0.1, -0.05) is 0 Å².